The van der Waals surface area contributed by atoms with Gasteiger partial charge in [-0.1, -0.05) is 0 Å². The lowest BCUT2D eigenvalue weighted by Gasteiger charge is -2.52. The third-order valence-corrected chi connectivity index (χ3v) is 8.41. The Morgan fingerprint density at radius 3 is 2.78 bits per heavy atom. The number of carbonyl (C=O) groups excluding carboxylic acids is 3. The van der Waals surface area contributed by atoms with Crippen molar-refractivity contribution >= 4 is 35.8 Å². The zero-order valence-electron chi connectivity index (χ0n) is 22.8. The number of amides is 3. The maximum Gasteiger partial charge on any atom is 0.330 e. The topological polar surface area (TPSA) is 157 Å². The molecule has 3 amide bonds. The quantitative estimate of drug-likeness (QED) is 0.476. The van der Waals surface area contributed by atoms with E-state index in [-0.39, 0.29) is 72.6 Å². The molecule has 2 bridgehead atoms. The summed E-state index contributed by atoms with van der Waals surface area (Å²) in [5.41, 5.74) is -0.724. The highest BCUT2D eigenvalue weighted by Gasteiger charge is 2.57. The fourth-order valence-electron chi connectivity index (χ4n) is 5.88. The largest absolute Gasteiger partial charge is 0.381 e. The molecule has 2 aliphatic carbocycles. The highest BCUT2D eigenvalue weighted by Crippen LogP contribution is 2.55. The van der Waals surface area contributed by atoms with E-state index in [1.807, 2.05) is 18.0 Å². The molecule has 2 aromatic heterocycles. The Morgan fingerprint density at radius 2 is 2.10 bits per heavy atom. The second kappa shape index (κ2) is 10.3. The van der Waals surface area contributed by atoms with Crippen molar-refractivity contribution in [3.63, 3.8) is 0 Å². The third-order valence-electron chi connectivity index (χ3n) is 8.41. The Bertz CT molecular complexity index is 1450. The number of nitrogens with zero attached hydrogens (tertiary/aromatic N) is 7. The Labute approximate surface area is 235 Å². The van der Waals surface area contributed by atoms with Crippen molar-refractivity contribution in [1.29, 1.82) is 5.26 Å². The predicted octanol–water partition coefficient (Wildman–Crippen LogP) is 1.80. The summed E-state index contributed by atoms with van der Waals surface area (Å²) in [4.78, 5) is 55.8. The molecule has 7 rings (SSSR count). The highest BCUT2D eigenvalue weighted by molar-refractivity contribution is 6.02. The van der Waals surface area contributed by atoms with Gasteiger partial charge in [0.05, 0.1) is 18.8 Å². The molecule has 0 spiro atoms. The second-order valence-corrected chi connectivity index (χ2v) is 11.1. The van der Waals surface area contributed by atoms with Gasteiger partial charge in [0.1, 0.15) is 34.6 Å². The number of rotatable bonds is 7. The molecular weight excluding hydrogens is 533 g/mol. The smallest absolute Gasteiger partial charge is 0.330 e. The average Bonchev–Trinajstić information content (AvgIpc) is 2.91. The number of aldehydes is 1. The number of hydrogen-bond acceptors (Lipinski definition) is 10. The Kier molecular flexibility index (Phi) is 6.79. The number of halogens is 1. The van der Waals surface area contributed by atoms with Crippen LogP contribution in [0.5, 0.6) is 0 Å². The van der Waals surface area contributed by atoms with Crippen LogP contribution in [0.1, 0.15) is 52.9 Å². The molecule has 5 heterocycles. The number of ether oxygens (including phenoxy) is 1. The van der Waals surface area contributed by atoms with E-state index >= 15 is 4.39 Å². The number of piperazine rings is 1. The fourth-order valence-corrected chi connectivity index (χ4v) is 5.88. The van der Waals surface area contributed by atoms with Crippen LogP contribution in [0.15, 0.2) is 12.3 Å². The molecule has 0 atom stereocenters. The summed E-state index contributed by atoms with van der Waals surface area (Å²) < 4.78 is 21.1. The number of carbonyl (C=O) groups is 3. The molecule has 5 aliphatic rings. The monoisotopic (exact) mass is 563 g/mol. The first-order valence-electron chi connectivity index (χ1n) is 13.5. The summed E-state index contributed by atoms with van der Waals surface area (Å²) in [7, 11) is 3.51. The van der Waals surface area contributed by atoms with Gasteiger partial charge in [0.25, 0.3) is 0 Å². The molecule has 2 aromatic rings. The fraction of sp³-hybridized carbons (Fsp3) is 0.519. The van der Waals surface area contributed by atoms with Crippen LogP contribution in [-0.2, 0) is 21.7 Å². The van der Waals surface area contributed by atoms with Crippen LogP contribution in [0.3, 0.4) is 0 Å². The van der Waals surface area contributed by atoms with Gasteiger partial charge < -0.3 is 15.0 Å². The Hall–Kier alpha value is -4.22. The number of hydrogen-bond donors (Lipinski definition) is 2. The molecule has 0 unspecified atom stereocenters. The van der Waals surface area contributed by atoms with Gasteiger partial charge in [-0.25, -0.2) is 19.2 Å². The molecule has 3 fully saturated rings. The highest BCUT2D eigenvalue weighted by atomic mass is 19.1. The van der Waals surface area contributed by atoms with Gasteiger partial charge in [0.15, 0.2) is 6.29 Å². The normalized spacial score (nSPS) is 26.8. The van der Waals surface area contributed by atoms with E-state index in [1.54, 1.807) is 18.1 Å². The van der Waals surface area contributed by atoms with Gasteiger partial charge >= 0.3 is 6.03 Å². The van der Waals surface area contributed by atoms with Gasteiger partial charge in [0, 0.05) is 62.8 Å². The number of urea groups is 1. The zero-order valence-corrected chi connectivity index (χ0v) is 22.8. The third kappa shape index (κ3) is 4.85. The van der Waals surface area contributed by atoms with Crippen molar-refractivity contribution in [1.82, 2.24) is 24.8 Å². The Balaban J connectivity index is 1.24. The Morgan fingerprint density at radius 1 is 1.32 bits per heavy atom. The van der Waals surface area contributed by atoms with Crippen molar-refractivity contribution in [2.45, 2.75) is 56.1 Å². The number of methoxy groups -OCH3 is 1. The first-order chi connectivity index (χ1) is 19.7. The van der Waals surface area contributed by atoms with Crippen molar-refractivity contribution < 1.29 is 23.5 Å². The van der Waals surface area contributed by atoms with Crippen LogP contribution in [0.2, 0.25) is 0 Å². The van der Waals surface area contributed by atoms with Crippen LogP contribution in [0, 0.1) is 11.3 Å². The van der Waals surface area contributed by atoms with Crippen LogP contribution in [0.25, 0.3) is 0 Å². The van der Waals surface area contributed by atoms with Crippen LogP contribution in [0.4, 0.5) is 26.8 Å². The summed E-state index contributed by atoms with van der Waals surface area (Å²) in [6.07, 6.45) is 3.74. The van der Waals surface area contributed by atoms with E-state index < -0.39 is 17.7 Å². The van der Waals surface area contributed by atoms with Gasteiger partial charge in [0.2, 0.25) is 11.9 Å². The number of pyridine rings is 1. The molecule has 1 saturated heterocycles. The minimum absolute atomic E-state index is 0.0297. The molecule has 2 saturated carbocycles. The minimum atomic E-state index is -1.67. The lowest BCUT2D eigenvalue weighted by atomic mass is 9.68. The first kappa shape index (κ1) is 27.0. The lowest BCUT2D eigenvalue weighted by molar-refractivity contribution is -0.136. The number of aromatic nitrogens is 3. The van der Waals surface area contributed by atoms with Gasteiger partial charge in [-0.15, -0.1) is 0 Å². The molecule has 14 heteroatoms. The zero-order chi connectivity index (χ0) is 28.9. The number of anilines is 3. The number of nitrogens with one attached hydrogen (secondary N) is 2. The minimum Gasteiger partial charge on any atom is -0.381 e. The van der Waals surface area contributed by atoms with Crippen LogP contribution in [-0.4, -0.2) is 95.0 Å². The van der Waals surface area contributed by atoms with Crippen LogP contribution >= 0.6 is 0 Å². The van der Waals surface area contributed by atoms with Gasteiger partial charge in [-0.3, -0.25) is 24.7 Å². The van der Waals surface area contributed by atoms with E-state index in [0.717, 1.165) is 12.8 Å². The first-order valence-corrected chi connectivity index (χ1v) is 13.5. The van der Waals surface area contributed by atoms with E-state index in [4.69, 9.17) is 4.74 Å². The van der Waals surface area contributed by atoms with Crippen molar-refractivity contribution in [2.24, 2.45) is 0 Å². The molecule has 0 aromatic carbocycles. The van der Waals surface area contributed by atoms with Gasteiger partial charge in [-0.2, -0.15) is 10.2 Å². The maximum absolute atomic E-state index is 15.8. The number of likely N-dealkylation sites (N-methyl/N-ethyl adjacent to an activating group) is 1. The molecule has 214 valence electrons. The summed E-state index contributed by atoms with van der Waals surface area (Å²) in [6, 6.07) is 2.61. The summed E-state index contributed by atoms with van der Waals surface area (Å²) in [5, 5.41) is 15.3. The molecule has 3 aliphatic heterocycles. The van der Waals surface area contributed by atoms with E-state index in [9.17, 15) is 19.6 Å². The molecule has 2 N–H and O–H groups in total. The van der Waals surface area contributed by atoms with E-state index in [0.29, 0.717) is 30.8 Å². The van der Waals surface area contributed by atoms with E-state index in [1.165, 1.54) is 11.1 Å². The SMILES string of the molecule is COC1CC(Nc2nc(NC(=O)N3c4nc(C=O)c(CN5CCN(C)CC5=O)cc4C4(F)CC3C4)ncc2C#N)C1. The number of alkyl halides is 1. The summed E-state index contributed by atoms with van der Waals surface area (Å²) >= 11 is 0. The maximum atomic E-state index is 15.8. The second-order valence-electron chi connectivity index (χ2n) is 11.1. The molecular formula is C27H30FN9O4. The van der Waals surface area contributed by atoms with Gasteiger partial charge in [-0.05, 0) is 26.0 Å². The predicted molar refractivity (Wildman–Crippen MR) is 144 cm³/mol. The van der Waals surface area contributed by atoms with Crippen molar-refractivity contribution in [3.8, 4) is 6.07 Å². The van der Waals surface area contributed by atoms with E-state index in [2.05, 4.69) is 25.6 Å². The molecule has 41 heavy (non-hydrogen) atoms. The standard InChI is InChI=1S/C27H30FN9O4/c1-35-3-4-36(22(39)13-35)12-15-5-20-24(32-21(15)14-38)37(18-8-27(20,28)9-18)26(40)34-25-30-11-16(10-29)23(33-25)31-17-6-19(7-17)41-2/h5,11,14,17-19H,3-4,6-9,12-13H2,1-2H3,(H2,30,31,33,34,40). The summed E-state index contributed by atoms with van der Waals surface area (Å²) in [5.74, 6) is 0.250. The number of nitriles is 1. The lowest BCUT2D eigenvalue weighted by Crippen LogP contribution is -2.60. The van der Waals surface area contributed by atoms with Crippen molar-refractivity contribution in [3.05, 3.63) is 34.6 Å². The molecule has 0 radical (unpaired) electrons. The molecule has 13 nitrogen and oxygen atoms in total. The average molecular weight is 564 g/mol. The van der Waals surface area contributed by atoms with Crippen molar-refractivity contribution in [2.75, 3.05) is 49.3 Å². The summed E-state index contributed by atoms with van der Waals surface area (Å²) in [6.45, 7) is 1.57. The van der Waals surface area contributed by atoms with Crippen LogP contribution < -0.4 is 15.5 Å².